The lowest BCUT2D eigenvalue weighted by Crippen LogP contribution is -2.12. The summed E-state index contributed by atoms with van der Waals surface area (Å²) < 4.78 is 1.73. The molecular weight excluding hydrogens is 254 g/mol. The Bertz CT molecular complexity index is 709. The summed E-state index contributed by atoms with van der Waals surface area (Å²) in [5.74, 6) is -0.225. The maximum atomic E-state index is 12.0. The van der Waals surface area contributed by atoms with Gasteiger partial charge in [-0.1, -0.05) is 6.07 Å². The number of anilines is 1. The average molecular weight is 265 g/mol. The van der Waals surface area contributed by atoms with Gasteiger partial charge in [0.25, 0.3) is 5.91 Å². The number of aromatic nitrogens is 4. The van der Waals surface area contributed by atoms with Crippen LogP contribution in [0.3, 0.4) is 0 Å². The lowest BCUT2D eigenvalue weighted by atomic mass is 10.2. The van der Waals surface area contributed by atoms with E-state index in [0.717, 1.165) is 5.69 Å². The SMILES string of the molecule is O=C(Nc1cccc(-n2cccn2)c1)c1ccnnc1. The van der Waals surface area contributed by atoms with Crippen molar-refractivity contribution in [3.63, 3.8) is 0 Å². The van der Waals surface area contributed by atoms with Crippen molar-refractivity contribution in [3.8, 4) is 5.69 Å². The Hall–Kier alpha value is -3.02. The molecule has 0 unspecified atom stereocenters. The van der Waals surface area contributed by atoms with E-state index in [1.54, 1.807) is 16.9 Å². The molecular formula is C14H11N5O. The van der Waals surface area contributed by atoms with Gasteiger partial charge in [0.15, 0.2) is 0 Å². The van der Waals surface area contributed by atoms with E-state index in [2.05, 4.69) is 20.6 Å². The van der Waals surface area contributed by atoms with Crippen LogP contribution < -0.4 is 5.32 Å². The van der Waals surface area contributed by atoms with E-state index < -0.39 is 0 Å². The smallest absolute Gasteiger partial charge is 0.257 e. The Kier molecular flexibility index (Phi) is 3.20. The Labute approximate surface area is 115 Å². The maximum absolute atomic E-state index is 12.0. The molecule has 0 atom stereocenters. The number of nitrogens with zero attached hydrogens (tertiary/aromatic N) is 4. The zero-order chi connectivity index (χ0) is 13.8. The molecule has 1 N–H and O–H groups in total. The van der Waals surface area contributed by atoms with E-state index in [0.29, 0.717) is 11.3 Å². The van der Waals surface area contributed by atoms with Crippen molar-refractivity contribution in [1.29, 1.82) is 0 Å². The van der Waals surface area contributed by atoms with E-state index in [1.807, 2.05) is 36.5 Å². The monoisotopic (exact) mass is 265 g/mol. The van der Waals surface area contributed by atoms with Gasteiger partial charge >= 0.3 is 0 Å². The second-order valence-corrected chi connectivity index (χ2v) is 4.09. The van der Waals surface area contributed by atoms with Crippen LogP contribution in [0.2, 0.25) is 0 Å². The molecule has 0 fully saturated rings. The van der Waals surface area contributed by atoms with Crippen molar-refractivity contribution in [2.24, 2.45) is 0 Å². The molecule has 3 aromatic rings. The lowest BCUT2D eigenvalue weighted by molar-refractivity contribution is 0.102. The standard InChI is InChI=1S/C14H11N5O/c20-14(11-5-7-15-16-10-11)18-12-3-1-4-13(9-12)19-8-2-6-17-19/h1-10H,(H,18,20). The quantitative estimate of drug-likeness (QED) is 0.785. The van der Waals surface area contributed by atoms with Crippen LogP contribution in [0.25, 0.3) is 5.69 Å². The summed E-state index contributed by atoms with van der Waals surface area (Å²) >= 11 is 0. The molecule has 1 amide bonds. The zero-order valence-electron chi connectivity index (χ0n) is 10.5. The van der Waals surface area contributed by atoms with Gasteiger partial charge in [-0.25, -0.2) is 4.68 Å². The number of nitrogens with one attached hydrogen (secondary N) is 1. The van der Waals surface area contributed by atoms with Crippen LogP contribution in [-0.2, 0) is 0 Å². The number of carbonyl (C=O) groups is 1. The number of hydrogen-bond donors (Lipinski definition) is 1. The van der Waals surface area contributed by atoms with Crippen molar-refractivity contribution in [1.82, 2.24) is 20.0 Å². The van der Waals surface area contributed by atoms with Gasteiger partial charge in [-0.2, -0.15) is 15.3 Å². The van der Waals surface area contributed by atoms with Crippen LogP contribution >= 0.6 is 0 Å². The first-order valence-electron chi connectivity index (χ1n) is 6.01. The normalized spacial score (nSPS) is 10.2. The maximum Gasteiger partial charge on any atom is 0.257 e. The summed E-state index contributed by atoms with van der Waals surface area (Å²) in [6.07, 6.45) is 6.45. The summed E-state index contributed by atoms with van der Waals surface area (Å²) in [6, 6.07) is 10.9. The van der Waals surface area contributed by atoms with Gasteiger partial charge in [0.1, 0.15) is 0 Å². The molecule has 20 heavy (non-hydrogen) atoms. The van der Waals surface area contributed by atoms with Gasteiger partial charge in [-0.05, 0) is 30.3 Å². The topological polar surface area (TPSA) is 72.7 Å². The third kappa shape index (κ3) is 2.54. The molecule has 1 aromatic carbocycles. The molecule has 0 spiro atoms. The zero-order valence-corrected chi connectivity index (χ0v) is 10.5. The van der Waals surface area contributed by atoms with Crippen LogP contribution in [0.5, 0.6) is 0 Å². The van der Waals surface area contributed by atoms with E-state index in [1.165, 1.54) is 12.4 Å². The first-order chi connectivity index (χ1) is 9.83. The van der Waals surface area contributed by atoms with Crippen LogP contribution in [0.15, 0.2) is 61.2 Å². The molecule has 0 radical (unpaired) electrons. The summed E-state index contributed by atoms with van der Waals surface area (Å²) in [5, 5.41) is 14.3. The van der Waals surface area contributed by atoms with Crippen molar-refractivity contribution in [2.75, 3.05) is 5.32 Å². The van der Waals surface area contributed by atoms with E-state index in [-0.39, 0.29) is 5.91 Å². The third-order valence-corrected chi connectivity index (χ3v) is 2.72. The van der Waals surface area contributed by atoms with Gasteiger partial charge in [0, 0.05) is 18.1 Å². The minimum atomic E-state index is -0.225. The summed E-state index contributed by atoms with van der Waals surface area (Å²) in [6.45, 7) is 0. The Balaban J connectivity index is 1.82. The third-order valence-electron chi connectivity index (χ3n) is 2.72. The van der Waals surface area contributed by atoms with E-state index in [9.17, 15) is 4.79 Å². The molecule has 0 aliphatic rings. The van der Waals surface area contributed by atoms with Crippen LogP contribution in [0.1, 0.15) is 10.4 Å². The highest BCUT2D eigenvalue weighted by Crippen LogP contribution is 2.14. The highest BCUT2D eigenvalue weighted by atomic mass is 16.1. The molecule has 6 nitrogen and oxygen atoms in total. The van der Waals surface area contributed by atoms with Crippen molar-refractivity contribution >= 4 is 11.6 Å². The van der Waals surface area contributed by atoms with Crippen LogP contribution in [0.4, 0.5) is 5.69 Å². The molecule has 98 valence electrons. The minimum absolute atomic E-state index is 0.225. The molecule has 2 aromatic heterocycles. The van der Waals surface area contributed by atoms with Gasteiger partial charge in [0.05, 0.1) is 23.6 Å². The first-order valence-corrected chi connectivity index (χ1v) is 6.01. The summed E-state index contributed by atoms with van der Waals surface area (Å²) in [4.78, 5) is 12.0. The second-order valence-electron chi connectivity index (χ2n) is 4.09. The summed E-state index contributed by atoms with van der Waals surface area (Å²) in [7, 11) is 0. The fraction of sp³-hybridized carbons (Fsp3) is 0. The largest absolute Gasteiger partial charge is 0.322 e. The molecule has 0 saturated carbocycles. The molecule has 6 heteroatoms. The van der Waals surface area contributed by atoms with E-state index >= 15 is 0 Å². The fourth-order valence-electron chi connectivity index (χ4n) is 1.78. The number of rotatable bonds is 3. The van der Waals surface area contributed by atoms with Gasteiger partial charge < -0.3 is 5.32 Å². The van der Waals surface area contributed by atoms with Crippen molar-refractivity contribution < 1.29 is 4.79 Å². The Morgan fingerprint density at radius 2 is 2.05 bits per heavy atom. The fourth-order valence-corrected chi connectivity index (χ4v) is 1.78. The van der Waals surface area contributed by atoms with Gasteiger partial charge in [-0.15, -0.1) is 0 Å². The minimum Gasteiger partial charge on any atom is -0.322 e. The van der Waals surface area contributed by atoms with Crippen LogP contribution in [-0.4, -0.2) is 25.9 Å². The molecule has 0 saturated heterocycles. The lowest BCUT2D eigenvalue weighted by Gasteiger charge is -2.07. The highest BCUT2D eigenvalue weighted by molar-refractivity contribution is 6.04. The number of carbonyl (C=O) groups excluding carboxylic acids is 1. The summed E-state index contributed by atoms with van der Waals surface area (Å²) in [5.41, 5.74) is 2.03. The molecule has 2 heterocycles. The second kappa shape index (κ2) is 5.31. The van der Waals surface area contributed by atoms with Crippen molar-refractivity contribution in [2.45, 2.75) is 0 Å². The Morgan fingerprint density at radius 3 is 2.80 bits per heavy atom. The predicted molar refractivity (Wildman–Crippen MR) is 73.5 cm³/mol. The van der Waals surface area contributed by atoms with Crippen molar-refractivity contribution in [3.05, 3.63) is 66.7 Å². The molecule has 0 aliphatic carbocycles. The predicted octanol–water partition coefficient (Wildman–Crippen LogP) is 1.91. The molecule has 0 aliphatic heterocycles. The first kappa shape index (κ1) is 12.0. The number of amides is 1. The Morgan fingerprint density at radius 1 is 1.10 bits per heavy atom. The van der Waals surface area contributed by atoms with Gasteiger partial charge in [0.2, 0.25) is 0 Å². The van der Waals surface area contributed by atoms with E-state index in [4.69, 9.17) is 0 Å². The number of benzene rings is 1. The van der Waals surface area contributed by atoms with Gasteiger partial charge in [-0.3, -0.25) is 4.79 Å². The molecule has 0 bridgehead atoms. The molecule has 3 rings (SSSR count). The highest BCUT2D eigenvalue weighted by Gasteiger charge is 2.06. The van der Waals surface area contributed by atoms with Crippen LogP contribution in [0, 0.1) is 0 Å². The number of hydrogen-bond acceptors (Lipinski definition) is 4. The average Bonchev–Trinajstić information content (AvgIpc) is 3.03.